The summed E-state index contributed by atoms with van der Waals surface area (Å²) in [5.74, 6) is 0.125. The Morgan fingerprint density at radius 1 is 0.746 bits per heavy atom. The number of benzene rings is 4. The number of para-hydroxylation sites is 2. The Morgan fingerprint density at radius 3 is 1.94 bits per heavy atom. The van der Waals surface area contributed by atoms with Crippen LogP contribution in [0, 0.1) is 20.2 Å². The number of hydrogen-bond donors (Lipinski definition) is 1. The number of methoxy groups -OCH3 is 2. The molecule has 1 aliphatic heterocycles. The minimum atomic E-state index is -3.68. The van der Waals surface area contributed by atoms with Gasteiger partial charge in [0.25, 0.3) is 10.1 Å². The summed E-state index contributed by atoms with van der Waals surface area (Å²) < 4.78 is 51.0. The minimum Gasteiger partial charge on any atom is -0.484 e. The number of nitro benzene ring substituents is 2. The summed E-state index contributed by atoms with van der Waals surface area (Å²) in [5.41, 5.74) is 7.45. The Balaban J connectivity index is 0.000000183. The summed E-state index contributed by atoms with van der Waals surface area (Å²) >= 11 is 0. The van der Waals surface area contributed by atoms with Crippen LogP contribution in [0.1, 0.15) is 108 Å². The predicted octanol–water partition coefficient (Wildman–Crippen LogP) is 10.4. The Labute approximate surface area is 386 Å². The van der Waals surface area contributed by atoms with Crippen LogP contribution >= 0.6 is 0 Å². The van der Waals surface area contributed by atoms with Crippen LogP contribution < -0.4 is 9.47 Å². The zero-order valence-electron chi connectivity index (χ0n) is 37.5. The molecular formula is C49H52N4O13S. The van der Waals surface area contributed by atoms with Gasteiger partial charge in [0.1, 0.15) is 19.8 Å². The molecule has 9 rings (SSSR count). The molecular weight excluding hydrogens is 885 g/mol. The van der Waals surface area contributed by atoms with Crippen molar-refractivity contribution in [2.45, 2.75) is 82.6 Å². The third-order valence-corrected chi connectivity index (χ3v) is 13.5. The number of carbonyl (C=O) groups excluding carboxylic acids is 2. The first-order valence-electron chi connectivity index (χ1n) is 22.4. The van der Waals surface area contributed by atoms with Crippen LogP contribution in [0.3, 0.4) is 0 Å². The molecule has 2 fully saturated rings. The number of fused-ring (bicyclic) bond motifs is 6. The van der Waals surface area contributed by atoms with Gasteiger partial charge in [-0.3, -0.25) is 24.4 Å². The number of aromatic nitrogens is 2. The number of H-pyrrole nitrogens is 1. The number of esters is 2. The lowest BCUT2D eigenvalue weighted by molar-refractivity contribution is -0.385. The largest absolute Gasteiger partial charge is 0.484 e. The number of aromatic amines is 1. The van der Waals surface area contributed by atoms with Gasteiger partial charge in [0.2, 0.25) is 11.5 Å². The fourth-order valence-corrected chi connectivity index (χ4v) is 10.4. The summed E-state index contributed by atoms with van der Waals surface area (Å²) in [7, 11) is -0.980. The van der Waals surface area contributed by atoms with Crippen molar-refractivity contribution in [1.29, 1.82) is 0 Å². The van der Waals surface area contributed by atoms with E-state index in [1.807, 2.05) is 30.3 Å². The fourth-order valence-electron chi connectivity index (χ4n) is 10.0. The summed E-state index contributed by atoms with van der Waals surface area (Å²) in [6.45, 7) is 0.390. The van der Waals surface area contributed by atoms with E-state index < -0.39 is 21.0 Å². The molecule has 1 N–H and O–H groups in total. The van der Waals surface area contributed by atoms with E-state index in [-0.39, 0.29) is 47.1 Å². The first kappa shape index (κ1) is 46.7. The van der Waals surface area contributed by atoms with E-state index in [1.165, 1.54) is 51.2 Å². The lowest BCUT2D eigenvalue weighted by Crippen LogP contribution is -2.12. The maximum absolute atomic E-state index is 12.2. The Morgan fingerprint density at radius 2 is 1.33 bits per heavy atom. The zero-order chi connectivity index (χ0) is 47.4. The molecule has 6 aromatic rings. The van der Waals surface area contributed by atoms with Gasteiger partial charge in [-0.25, -0.2) is 9.59 Å². The normalized spacial score (nSPS) is 15.3. The zero-order valence-corrected chi connectivity index (χ0v) is 38.4. The second-order valence-electron chi connectivity index (χ2n) is 17.0. The first-order valence-corrected chi connectivity index (χ1v) is 24.2. The third-order valence-electron chi connectivity index (χ3n) is 12.9. The molecule has 18 heteroatoms. The van der Waals surface area contributed by atoms with Crippen LogP contribution in [-0.4, -0.2) is 80.1 Å². The number of rotatable bonds is 12. The third kappa shape index (κ3) is 9.72. The number of nitrogens with zero attached hydrogens (tertiary/aromatic N) is 3. The number of carbonyl (C=O) groups is 2. The molecule has 0 unspecified atom stereocenters. The molecule has 17 nitrogen and oxygen atoms in total. The van der Waals surface area contributed by atoms with Crippen LogP contribution in [0.2, 0.25) is 0 Å². The fraction of sp³-hybridized carbons (Fsp3) is 0.388. The Kier molecular flexibility index (Phi) is 13.9. The number of nitrogens with one attached hydrogen (secondary N) is 1. The molecule has 0 atom stereocenters. The Hall–Kier alpha value is -6.79. The first-order chi connectivity index (χ1) is 32.3. The second kappa shape index (κ2) is 20.0. The van der Waals surface area contributed by atoms with Gasteiger partial charge in [0.15, 0.2) is 0 Å². The van der Waals surface area contributed by atoms with Crippen molar-refractivity contribution in [3.8, 4) is 34.0 Å². The van der Waals surface area contributed by atoms with Gasteiger partial charge in [-0.2, -0.15) is 8.42 Å². The molecule has 3 aliphatic rings. The molecule has 2 saturated carbocycles. The standard InChI is InChI=1S/C25H28N2O8S.C24H24N2O5/c1-33-25(28)17-11-12-18-20(15-17)26-23(22(18)16-7-4-3-5-8-16)19-9-6-10-21(27(29)30)24(19)34-13-14-35-36(2,31)32;1-30-24(27)16-10-11-17-20(14-16)25-12-13-31-23-18(8-5-9-19(23)26(28)29)22(25)21(17)15-6-3-2-4-7-15/h6,9-12,15-16,26H,3-5,7-8,13-14H2,1-2H3;5,8-11,14-15H,2-4,6-7,12-13H2,1H3. The van der Waals surface area contributed by atoms with Crippen molar-refractivity contribution in [1.82, 2.24) is 9.55 Å². The average molecular weight is 937 g/mol. The molecule has 0 bridgehead atoms. The maximum Gasteiger partial charge on any atom is 0.337 e. The van der Waals surface area contributed by atoms with Crippen molar-refractivity contribution in [3.63, 3.8) is 0 Å². The van der Waals surface area contributed by atoms with Gasteiger partial charge in [-0.15, -0.1) is 0 Å². The molecule has 0 amide bonds. The second-order valence-corrected chi connectivity index (χ2v) is 18.7. The van der Waals surface area contributed by atoms with E-state index in [1.54, 1.807) is 30.3 Å². The van der Waals surface area contributed by atoms with Crippen molar-refractivity contribution in [3.05, 3.63) is 115 Å². The molecule has 2 aliphatic carbocycles. The summed E-state index contributed by atoms with van der Waals surface area (Å²) in [5, 5.41) is 25.6. The summed E-state index contributed by atoms with van der Waals surface area (Å²) in [4.78, 5) is 50.3. The molecule has 352 valence electrons. The number of hydrogen-bond acceptors (Lipinski definition) is 13. The quantitative estimate of drug-likeness (QED) is 0.0397. The molecule has 67 heavy (non-hydrogen) atoms. The van der Waals surface area contributed by atoms with Crippen molar-refractivity contribution in [2.75, 3.05) is 40.3 Å². The monoisotopic (exact) mass is 936 g/mol. The van der Waals surface area contributed by atoms with Crippen LogP contribution in [0.25, 0.3) is 44.3 Å². The molecule has 0 saturated heterocycles. The van der Waals surface area contributed by atoms with E-state index in [2.05, 4.69) is 9.55 Å². The molecule has 0 spiro atoms. The van der Waals surface area contributed by atoms with Gasteiger partial charge in [-0.1, -0.05) is 62.8 Å². The smallest absolute Gasteiger partial charge is 0.337 e. The summed E-state index contributed by atoms with van der Waals surface area (Å²) in [6, 6.07) is 20.8. The number of ether oxygens (including phenoxy) is 4. The van der Waals surface area contributed by atoms with Gasteiger partial charge in [-0.05, 0) is 85.0 Å². The van der Waals surface area contributed by atoms with E-state index in [0.717, 1.165) is 84.3 Å². The van der Waals surface area contributed by atoms with Gasteiger partial charge < -0.3 is 28.5 Å². The van der Waals surface area contributed by atoms with Crippen LogP contribution in [0.15, 0.2) is 72.8 Å². The molecule has 0 radical (unpaired) electrons. The van der Waals surface area contributed by atoms with Crippen LogP contribution in [-0.2, 0) is 30.3 Å². The van der Waals surface area contributed by atoms with Gasteiger partial charge in [0.05, 0.1) is 59.4 Å². The van der Waals surface area contributed by atoms with Crippen molar-refractivity contribution < 1.29 is 51.0 Å². The Bertz CT molecular complexity index is 2980. The molecule has 4 aromatic carbocycles. The average Bonchev–Trinajstić information content (AvgIpc) is 3.80. The highest BCUT2D eigenvalue weighted by Gasteiger charge is 2.33. The lowest BCUT2D eigenvalue weighted by Gasteiger charge is -2.23. The lowest BCUT2D eigenvalue weighted by atomic mass is 9.81. The highest BCUT2D eigenvalue weighted by atomic mass is 32.2. The molecule has 2 aromatic heterocycles. The van der Waals surface area contributed by atoms with Gasteiger partial charge in [0, 0.05) is 45.1 Å². The number of nitro groups is 2. The maximum atomic E-state index is 12.2. The molecule has 3 heterocycles. The predicted molar refractivity (Wildman–Crippen MR) is 251 cm³/mol. The SMILES string of the molecule is COC(=O)c1ccc2c(C3CCCCC3)c(-c3cccc([N+](=O)[O-])c3OCCOS(C)(=O)=O)[nH]c2c1.COC(=O)c1ccc2c(C3CCCCC3)c3n(c2c1)CCOc1c-3cccc1[N+](=O)[O-]. The van der Waals surface area contributed by atoms with E-state index in [9.17, 15) is 38.2 Å². The minimum absolute atomic E-state index is 0.0129. The topological polar surface area (TPSA) is 221 Å². The van der Waals surface area contributed by atoms with Crippen molar-refractivity contribution in [2.24, 2.45) is 0 Å². The van der Waals surface area contributed by atoms with E-state index in [4.69, 9.17) is 23.1 Å². The highest BCUT2D eigenvalue weighted by Crippen LogP contribution is 2.50. The summed E-state index contributed by atoms with van der Waals surface area (Å²) in [6.07, 6.45) is 12.0. The van der Waals surface area contributed by atoms with Crippen LogP contribution in [0.4, 0.5) is 11.4 Å². The van der Waals surface area contributed by atoms with Crippen molar-refractivity contribution >= 4 is 55.2 Å². The van der Waals surface area contributed by atoms with E-state index >= 15 is 0 Å². The van der Waals surface area contributed by atoms with Gasteiger partial charge >= 0.3 is 23.3 Å². The van der Waals surface area contributed by atoms with Crippen LogP contribution in [0.5, 0.6) is 11.5 Å². The highest BCUT2D eigenvalue weighted by molar-refractivity contribution is 7.85. The van der Waals surface area contributed by atoms with E-state index in [0.29, 0.717) is 52.7 Å².